The number of hydrogen-bond donors (Lipinski definition) is 1. The highest BCUT2D eigenvalue weighted by molar-refractivity contribution is 7.85. The molecule has 0 saturated carbocycles. The fraction of sp³-hybridized carbons (Fsp3) is 0.188. The van der Waals surface area contributed by atoms with E-state index in [2.05, 4.69) is 10.1 Å². The van der Waals surface area contributed by atoms with Gasteiger partial charge in [0.05, 0.1) is 29.7 Å². The number of methoxy groups -OCH3 is 1. The predicted octanol–water partition coefficient (Wildman–Crippen LogP) is 2.89. The maximum atomic E-state index is 12.4. The van der Waals surface area contributed by atoms with Gasteiger partial charge in [0.2, 0.25) is 0 Å². The number of rotatable bonds is 5. The molecule has 0 aromatic heterocycles. The van der Waals surface area contributed by atoms with Crippen LogP contribution < -0.4 is 5.32 Å². The van der Waals surface area contributed by atoms with Crippen molar-refractivity contribution >= 4 is 16.9 Å². The van der Waals surface area contributed by atoms with Crippen molar-refractivity contribution in [3.05, 3.63) is 66.2 Å². The minimum absolute atomic E-state index is 0.295. The zero-order valence-corrected chi connectivity index (χ0v) is 12.5. The lowest BCUT2D eigenvalue weighted by Gasteiger charge is -2.18. The third-order valence-corrected chi connectivity index (χ3v) is 4.44. The first-order valence-electron chi connectivity index (χ1n) is 6.53. The first-order chi connectivity index (χ1) is 10.2. The topological polar surface area (TPSA) is 55.4 Å². The molecule has 0 bridgehead atoms. The highest BCUT2D eigenvalue weighted by Gasteiger charge is 2.18. The molecule has 0 unspecified atom stereocenters. The number of benzene rings is 2. The van der Waals surface area contributed by atoms with E-state index in [1.54, 1.807) is 0 Å². The van der Waals surface area contributed by atoms with Crippen molar-refractivity contribution in [2.45, 2.75) is 10.9 Å². The molecule has 2 aromatic rings. The smallest absolute Gasteiger partial charge is 0.407 e. The van der Waals surface area contributed by atoms with Gasteiger partial charge in [-0.15, -0.1) is 0 Å². The van der Waals surface area contributed by atoms with E-state index >= 15 is 0 Å². The molecule has 110 valence electrons. The number of carbonyl (C=O) groups is 1. The van der Waals surface area contributed by atoms with Crippen LogP contribution >= 0.6 is 0 Å². The maximum Gasteiger partial charge on any atom is 0.407 e. The second-order valence-corrected chi connectivity index (χ2v) is 5.92. The third kappa shape index (κ3) is 4.43. The van der Waals surface area contributed by atoms with Gasteiger partial charge in [0.15, 0.2) is 0 Å². The van der Waals surface area contributed by atoms with E-state index in [1.165, 1.54) is 7.11 Å². The molecule has 0 aliphatic rings. The number of carbonyl (C=O) groups excluding carboxylic acids is 1. The van der Waals surface area contributed by atoms with E-state index in [1.807, 2.05) is 60.7 Å². The molecule has 0 radical (unpaired) electrons. The van der Waals surface area contributed by atoms with Gasteiger partial charge in [-0.2, -0.15) is 0 Å². The van der Waals surface area contributed by atoms with Crippen molar-refractivity contribution in [2.75, 3.05) is 12.9 Å². The van der Waals surface area contributed by atoms with Crippen LogP contribution in [0.2, 0.25) is 0 Å². The summed E-state index contributed by atoms with van der Waals surface area (Å²) in [6.45, 7) is 0. The highest BCUT2D eigenvalue weighted by Crippen LogP contribution is 2.17. The fourth-order valence-electron chi connectivity index (χ4n) is 1.93. The number of alkyl carbamates (subject to hydrolysis) is 1. The fourth-order valence-corrected chi connectivity index (χ4v) is 3.16. The van der Waals surface area contributed by atoms with E-state index in [0.717, 1.165) is 10.5 Å². The van der Waals surface area contributed by atoms with Crippen molar-refractivity contribution in [3.63, 3.8) is 0 Å². The molecular weight excluding hydrogens is 286 g/mol. The van der Waals surface area contributed by atoms with Crippen molar-refractivity contribution < 1.29 is 13.7 Å². The van der Waals surface area contributed by atoms with Crippen LogP contribution in [0.5, 0.6) is 0 Å². The normalized spacial score (nSPS) is 13.2. The van der Waals surface area contributed by atoms with Gasteiger partial charge in [0, 0.05) is 4.90 Å². The Bertz CT molecular complexity index is 601. The first kappa shape index (κ1) is 15.3. The quantitative estimate of drug-likeness (QED) is 0.924. The van der Waals surface area contributed by atoms with E-state index < -0.39 is 16.9 Å². The predicted molar refractivity (Wildman–Crippen MR) is 82.4 cm³/mol. The number of amides is 1. The van der Waals surface area contributed by atoms with Gasteiger partial charge >= 0.3 is 6.09 Å². The summed E-state index contributed by atoms with van der Waals surface area (Å²) in [6, 6.07) is 18.3. The SMILES string of the molecule is COC(=O)N[C@H](C[S@@](=O)c1ccccc1)c1ccccc1. The summed E-state index contributed by atoms with van der Waals surface area (Å²) in [5, 5.41) is 2.73. The summed E-state index contributed by atoms with van der Waals surface area (Å²) in [4.78, 5) is 12.2. The maximum absolute atomic E-state index is 12.4. The van der Waals surface area contributed by atoms with Crippen LogP contribution in [0.3, 0.4) is 0 Å². The second kappa shape index (κ2) is 7.59. The van der Waals surface area contributed by atoms with Crippen molar-refractivity contribution in [1.82, 2.24) is 5.32 Å². The van der Waals surface area contributed by atoms with E-state index in [-0.39, 0.29) is 6.04 Å². The van der Waals surface area contributed by atoms with Gasteiger partial charge in [0.1, 0.15) is 0 Å². The lowest BCUT2D eigenvalue weighted by Crippen LogP contribution is -2.31. The molecule has 0 fully saturated rings. The summed E-state index contributed by atoms with van der Waals surface area (Å²) in [5.41, 5.74) is 0.896. The van der Waals surface area contributed by atoms with Crippen LogP contribution in [0.1, 0.15) is 11.6 Å². The highest BCUT2D eigenvalue weighted by atomic mass is 32.2. The average molecular weight is 303 g/mol. The molecule has 2 atom stereocenters. The molecule has 2 aromatic carbocycles. The number of ether oxygens (including phenoxy) is 1. The lowest BCUT2D eigenvalue weighted by molar-refractivity contribution is 0.167. The van der Waals surface area contributed by atoms with E-state index in [4.69, 9.17) is 0 Å². The Morgan fingerprint density at radius 3 is 2.24 bits per heavy atom. The van der Waals surface area contributed by atoms with Crippen LogP contribution in [0.25, 0.3) is 0 Å². The molecule has 21 heavy (non-hydrogen) atoms. The van der Waals surface area contributed by atoms with Crippen LogP contribution in [0, 0.1) is 0 Å². The second-order valence-electron chi connectivity index (χ2n) is 4.42. The Morgan fingerprint density at radius 1 is 1.10 bits per heavy atom. The van der Waals surface area contributed by atoms with Gasteiger partial charge in [-0.25, -0.2) is 4.79 Å². The summed E-state index contributed by atoms with van der Waals surface area (Å²) in [6.07, 6.45) is -0.533. The summed E-state index contributed by atoms with van der Waals surface area (Å²) in [5.74, 6) is 0.295. The molecule has 0 spiro atoms. The van der Waals surface area contributed by atoms with Gasteiger partial charge in [-0.05, 0) is 17.7 Å². The monoisotopic (exact) mass is 303 g/mol. The van der Waals surface area contributed by atoms with Gasteiger partial charge in [-0.1, -0.05) is 48.5 Å². The van der Waals surface area contributed by atoms with Gasteiger partial charge in [0.25, 0.3) is 0 Å². The summed E-state index contributed by atoms with van der Waals surface area (Å²) >= 11 is 0. The Labute approximate surface area is 126 Å². The molecule has 0 aliphatic heterocycles. The standard InChI is InChI=1S/C16H17NO3S/c1-20-16(18)17-15(13-8-4-2-5-9-13)12-21(19)14-10-6-3-7-11-14/h2-11,15H,12H2,1H3,(H,17,18)/t15-,21-/m1/s1. The van der Waals surface area contributed by atoms with E-state index in [9.17, 15) is 9.00 Å². The van der Waals surface area contributed by atoms with Gasteiger partial charge < -0.3 is 10.1 Å². The Hall–Kier alpha value is -2.14. The molecule has 5 heteroatoms. The molecule has 0 saturated heterocycles. The molecule has 1 N–H and O–H groups in total. The Balaban J connectivity index is 2.16. The first-order valence-corrected chi connectivity index (χ1v) is 7.85. The molecule has 0 aliphatic carbocycles. The minimum Gasteiger partial charge on any atom is -0.453 e. The lowest BCUT2D eigenvalue weighted by atomic mass is 10.1. The summed E-state index contributed by atoms with van der Waals surface area (Å²) in [7, 11) is 0.108. The Morgan fingerprint density at radius 2 is 1.67 bits per heavy atom. The zero-order chi connectivity index (χ0) is 15.1. The van der Waals surface area contributed by atoms with Gasteiger partial charge in [-0.3, -0.25) is 4.21 Å². The molecular formula is C16H17NO3S. The van der Waals surface area contributed by atoms with Crippen molar-refractivity contribution in [3.8, 4) is 0 Å². The van der Waals surface area contributed by atoms with Crippen LogP contribution in [-0.2, 0) is 15.5 Å². The summed E-state index contributed by atoms with van der Waals surface area (Å²) < 4.78 is 17.1. The molecule has 1 amide bonds. The molecule has 2 rings (SSSR count). The number of hydrogen-bond acceptors (Lipinski definition) is 3. The van der Waals surface area contributed by atoms with Crippen LogP contribution in [0.4, 0.5) is 4.79 Å². The van der Waals surface area contributed by atoms with Crippen LogP contribution in [-0.4, -0.2) is 23.2 Å². The van der Waals surface area contributed by atoms with E-state index in [0.29, 0.717) is 5.75 Å². The molecule has 0 heterocycles. The third-order valence-electron chi connectivity index (χ3n) is 3.00. The van der Waals surface area contributed by atoms with Crippen LogP contribution in [0.15, 0.2) is 65.6 Å². The largest absolute Gasteiger partial charge is 0.453 e. The average Bonchev–Trinajstić information content (AvgIpc) is 2.55. The number of nitrogens with one attached hydrogen (secondary N) is 1. The Kier molecular flexibility index (Phi) is 5.51. The van der Waals surface area contributed by atoms with Crippen molar-refractivity contribution in [2.24, 2.45) is 0 Å². The minimum atomic E-state index is -1.20. The molecule has 4 nitrogen and oxygen atoms in total. The van der Waals surface area contributed by atoms with Crippen molar-refractivity contribution in [1.29, 1.82) is 0 Å². The zero-order valence-electron chi connectivity index (χ0n) is 11.7.